The molecule has 1 fully saturated rings. The fraction of sp³-hybridized carbons (Fsp3) is 0.393. The Morgan fingerprint density at radius 1 is 1.18 bits per heavy atom. The third-order valence-corrected chi connectivity index (χ3v) is 7.19. The predicted octanol–water partition coefficient (Wildman–Crippen LogP) is 3.90. The van der Waals surface area contributed by atoms with Crippen LogP contribution >= 0.6 is 0 Å². The molecule has 2 aromatic carbocycles. The highest BCUT2D eigenvalue weighted by atomic mass is 19.1. The molecule has 0 saturated carbocycles. The highest BCUT2D eigenvalue weighted by Crippen LogP contribution is 2.36. The number of nitrogens with zero attached hydrogens (tertiary/aromatic N) is 6. The monoisotopic (exact) mass is 536 g/mol. The van der Waals surface area contributed by atoms with Gasteiger partial charge < -0.3 is 19.4 Å². The first-order chi connectivity index (χ1) is 18.9. The molecule has 2 aromatic heterocycles. The van der Waals surface area contributed by atoms with Crippen molar-refractivity contribution in [3.8, 4) is 11.1 Å². The Morgan fingerprint density at radius 3 is 2.67 bits per heavy atom. The van der Waals surface area contributed by atoms with Crippen LogP contribution in [-0.4, -0.2) is 69.3 Å². The van der Waals surface area contributed by atoms with Crippen molar-refractivity contribution < 1.29 is 23.2 Å². The number of aliphatic hydroxyl groups is 1. The van der Waals surface area contributed by atoms with E-state index in [1.807, 2.05) is 6.92 Å². The Balaban J connectivity index is 1.40. The second-order valence-corrected chi connectivity index (χ2v) is 9.73. The highest BCUT2D eigenvalue weighted by Gasteiger charge is 2.27. The van der Waals surface area contributed by atoms with Crippen molar-refractivity contribution in [2.24, 2.45) is 0 Å². The number of likely N-dealkylation sites (N-methyl/N-ethyl adjacent to an activating group) is 1. The minimum atomic E-state index is -0.570. The van der Waals surface area contributed by atoms with E-state index in [1.165, 1.54) is 35.5 Å². The van der Waals surface area contributed by atoms with Crippen molar-refractivity contribution in [1.29, 1.82) is 0 Å². The van der Waals surface area contributed by atoms with Gasteiger partial charge in [-0.25, -0.2) is 18.7 Å². The Labute approximate surface area is 224 Å². The first-order valence-electron chi connectivity index (χ1n) is 13.0. The van der Waals surface area contributed by atoms with Crippen molar-refractivity contribution in [2.75, 3.05) is 38.2 Å². The molecular formula is C28H30F2N6O3. The summed E-state index contributed by atoms with van der Waals surface area (Å²) >= 11 is 0. The van der Waals surface area contributed by atoms with E-state index in [-0.39, 0.29) is 37.0 Å². The third-order valence-electron chi connectivity index (χ3n) is 7.19. The van der Waals surface area contributed by atoms with E-state index < -0.39 is 11.6 Å². The zero-order valence-corrected chi connectivity index (χ0v) is 21.9. The second kappa shape index (κ2) is 11.4. The van der Waals surface area contributed by atoms with E-state index in [9.17, 15) is 9.18 Å². The Hall–Kier alpha value is -3.99. The van der Waals surface area contributed by atoms with Crippen molar-refractivity contribution in [3.05, 3.63) is 65.6 Å². The highest BCUT2D eigenvalue weighted by molar-refractivity contribution is 5.99. The Bertz CT molecular complexity index is 1490. The van der Waals surface area contributed by atoms with Crippen LogP contribution < -0.4 is 4.90 Å². The number of halogens is 2. The van der Waals surface area contributed by atoms with E-state index in [1.54, 1.807) is 13.1 Å². The fourth-order valence-corrected chi connectivity index (χ4v) is 4.94. The standard InChI is InChI=1S/C28H30F2N6O3/c1-3-24-33-28(39-34-24)17-6-8-36(9-7-17)27-22-15-20(29)14-21(26(22)31-16-32-27)18-4-5-19(23(30)12-18)13-25(38)35(2)10-11-37/h4-5,12,14-17,37H,3,6-11,13H2,1-2H3. The second-order valence-electron chi connectivity index (χ2n) is 9.73. The Kier molecular flexibility index (Phi) is 7.78. The smallest absolute Gasteiger partial charge is 0.229 e. The van der Waals surface area contributed by atoms with Gasteiger partial charge in [-0.3, -0.25) is 4.79 Å². The van der Waals surface area contributed by atoms with E-state index in [4.69, 9.17) is 9.63 Å². The fourth-order valence-electron chi connectivity index (χ4n) is 4.94. The first-order valence-corrected chi connectivity index (χ1v) is 13.0. The van der Waals surface area contributed by atoms with E-state index in [2.05, 4.69) is 25.0 Å². The van der Waals surface area contributed by atoms with Crippen LogP contribution in [0.2, 0.25) is 0 Å². The molecule has 11 heteroatoms. The van der Waals surface area contributed by atoms with E-state index in [0.29, 0.717) is 52.7 Å². The molecule has 39 heavy (non-hydrogen) atoms. The average molecular weight is 537 g/mol. The molecule has 0 radical (unpaired) electrons. The Morgan fingerprint density at radius 2 is 1.97 bits per heavy atom. The van der Waals surface area contributed by atoms with Crippen molar-refractivity contribution in [3.63, 3.8) is 0 Å². The molecule has 0 aliphatic carbocycles. The summed E-state index contributed by atoms with van der Waals surface area (Å²) in [5.74, 6) is 0.769. The van der Waals surface area contributed by atoms with Crippen LogP contribution in [0.3, 0.4) is 0 Å². The maximum absolute atomic E-state index is 15.0. The molecule has 9 nitrogen and oxygen atoms in total. The lowest BCUT2D eigenvalue weighted by Gasteiger charge is -2.32. The van der Waals surface area contributed by atoms with Gasteiger partial charge in [0.05, 0.1) is 18.5 Å². The maximum atomic E-state index is 15.0. The zero-order chi connectivity index (χ0) is 27.5. The van der Waals surface area contributed by atoms with Crippen LogP contribution in [0.4, 0.5) is 14.6 Å². The third kappa shape index (κ3) is 5.58. The summed E-state index contributed by atoms with van der Waals surface area (Å²) in [5, 5.41) is 13.6. The van der Waals surface area contributed by atoms with Gasteiger partial charge in [0.25, 0.3) is 0 Å². The number of aliphatic hydroxyl groups excluding tert-OH is 1. The van der Waals surface area contributed by atoms with Crippen LogP contribution in [-0.2, 0) is 17.6 Å². The molecule has 1 aliphatic rings. The number of anilines is 1. The first kappa shape index (κ1) is 26.6. The lowest BCUT2D eigenvalue weighted by Crippen LogP contribution is -2.33. The molecular weight excluding hydrogens is 506 g/mol. The van der Waals surface area contributed by atoms with Crippen molar-refractivity contribution in [2.45, 2.75) is 38.5 Å². The molecule has 1 aliphatic heterocycles. The van der Waals surface area contributed by atoms with Gasteiger partial charge in [-0.15, -0.1) is 0 Å². The number of hydrogen-bond acceptors (Lipinski definition) is 8. The number of hydrogen-bond donors (Lipinski definition) is 1. The summed E-state index contributed by atoms with van der Waals surface area (Å²) in [6.45, 7) is 3.33. The number of carbonyl (C=O) groups excluding carboxylic acids is 1. The summed E-state index contributed by atoms with van der Waals surface area (Å²) in [5.41, 5.74) is 1.62. The van der Waals surface area contributed by atoms with Crippen LogP contribution in [0.5, 0.6) is 0 Å². The lowest BCUT2D eigenvalue weighted by atomic mass is 9.96. The minimum Gasteiger partial charge on any atom is -0.395 e. The maximum Gasteiger partial charge on any atom is 0.229 e. The van der Waals surface area contributed by atoms with Gasteiger partial charge >= 0.3 is 0 Å². The predicted molar refractivity (Wildman–Crippen MR) is 141 cm³/mol. The molecule has 4 aromatic rings. The molecule has 5 rings (SSSR count). The lowest BCUT2D eigenvalue weighted by molar-refractivity contribution is -0.129. The average Bonchev–Trinajstić information content (AvgIpc) is 3.43. The SMILES string of the molecule is CCc1noc(C2CCN(c3ncnc4c(-c5ccc(CC(=O)N(C)CCO)c(F)c5)cc(F)cc34)CC2)n1. The van der Waals surface area contributed by atoms with Gasteiger partial charge in [0.2, 0.25) is 11.8 Å². The number of carbonyl (C=O) groups is 1. The molecule has 0 spiro atoms. The van der Waals surface area contributed by atoms with Gasteiger partial charge in [-0.05, 0) is 42.2 Å². The molecule has 0 bridgehead atoms. The van der Waals surface area contributed by atoms with Gasteiger partial charge in [-0.2, -0.15) is 4.98 Å². The number of rotatable bonds is 8. The molecule has 204 valence electrons. The van der Waals surface area contributed by atoms with Gasteiger partial charge in [0, 0.05) is 50.0 Å². The quantitative estimate of drug-likeness (QED) is 0.361. The van der Waals surface area contributed by atoms with Gasteiger partial charge in [0.15, 0.2) is 5.82 Å². The van der Waals surface area contributed by atoms with Gasteiger partial charge in [-0.1, -0.05) is 24.2 Å². The van der Waals surface area contributed by atoms with E-state index in [0.717, 1.165) is 19.3 Å². The number of aromatic nitrogens is 4. The van der Waals surface area contributed by atoms with Gasteiger partial charge in [0.1, 0.15) is 23.8 Å². The molecule has 1 saturated heterocycles. The largest absolute Gasteiger partial charge is 0.395 e. The van der Waals surface area contributed by atoms with Crippen LogP contribution in [0.25, 0.3) is 22.0 Å². The molecule has 3 heterocycles. The number of fused-ring (bicyclic) bond motifs is 1. The number of piperidine rings is 1. The number of aryl methyl sites for hydroxylation is 1. The summed E-state index contributed by atoms with van der Waals surface area (Å²) < 4.78 is 35.4. The van der Waals surface area contributed by atoms with Crippen LogP contribution in [0.15, 0.2) is 41.2 Å². The van der Waals surface area contributed by atoms with Crippen molar-refractivity contribution in [1.82, 2.24) is 25.0 Å². The molecule has 1 amide bonds. The zero-order valence-electron chi connectivity index (χ0n) is 21.9. The molecule has 1 N–H and O–H groups in total. The summed E-state index contributed by atoms with van der Waals surface area (Å²) in [6, 6.07) is 7.23. The van der Waals surface area contributed by atoms with E-state index >= 15 is 4.39 Å². The topological polar surface area (TPSA) is 108 Å². The summed E-state index contributed by atoms with van der Waals surface area (Å²) in [4.78, 5) is 29.1. The molecule has 0 unspecified atom stereocenters. The van der Waals surface area contributed by atoms with Crippen molar-refractivity contribution >= 4 is 22.6 Å². The minimum absolute atomic E-state index is 0.141. The molecule has 0 atom stereocenters. The normalized spacial score (nSPS) is 14.2. The number of benzene rings is 2. The summed E-state index contributed by atoms with van der Waals surface area (Å²) in [6.07, 6.45) is 3.60. The summed E-state index contributed by atoms with van der Waals surface area (Å²) in [7, 11) is 1.55. The van der Waals surface area contributed by atoms with Crippen LogP contribution in [0.1, 0.15) is 43.0 Å². The van der Waals surface area contributed by atoms with Crippen LogP contribution in [0, 0.1) is 11.6 Å². The number of amides is 1.